The van der Waals surface area contributed by atoms with Crippen molar-refractivity contribution < 1.29 is 24.7 Å². The highest BCUT2D eigenvalue weighted by molar-refractivity contribution is 5.67. The first-order valence-corrected chi connectivity index (χ1v) is 6.88. The number of carbonyl (C=O) groups is 1. The van der Waals surface area contributed by atoms with Crippen molar-refractivity contribution in [2.24, 2.45) is 0 Å². The fraction of sp³-hybridized carbons (Fsp3) is 0.500. The number of non-ortho nitro benzene ring substituents is 1. The van der Waals surface area contributed by atoms with Crippen molar-refractivity contribution >= 4 is 17.5 Å². The van der Waals surface area contributed by atoms with Crippen LogP contribution in [0.25, 0.3) is 0 Å². The number of carbonyl (C=O) groups excluding carboxylic acids is 1. The normalized spacial score (nSPS) is 14.0. The van der Waals surface area contributed by atoms with Gasteiger partial charge in [-0.25, -0.2) is 4.79 Å². The monoisotopic (exact) mass is 327 g/mol. The number of nitro groups is 1. The maximum absolute atomic E-state index is 11.5. The number of hydrogen-bond donors (Lipinski definition) is 4. The third-order valence-electron chi connectivity index (χ3n) is 2.82. The maximum atomic E-state index is 11.5. The average Bonchev–Trinajstić information content (AvgIpc) is 2.42. The zero-order chi connectivity index (χ0) is 17.8. The van der Waals surface area contributed by atoms with Crippen LogP contribution in [-0.2, 0) is 4.74 Å². The molecule has 0 heterocycles. The van der Waals surface area contributed by atoms with E-state index in [-0.39, 0.29) is 23.5 Å². The molecule has 0 bridgehead atoms. The van der Waals surface area contributed by atoms with Gasteiger partial charge >= 0.3 is 6.09 Å². The summed E-state index contributed by atoms with van der Waals surface area (Å²) < 4.78 is 4.99. The minimum atomic E-state index is -1.50. The topological polar surface area (TPSA) is 148 Å². The Morgan fingerprint density at radius 1 is 1.43 bits per heavy atom. The van der Waals surface area contributed by atoms with Crippen molar-refractivity contribution in [1.82, 2.24) is 5.32 Å². The first-order chi connectivity index (χ1) is 10.5. The van der Waals surface area contributed by atoms with Gasteiger partial charge in [0.2, 0.25) is 0 Å². The predicted octanol–water partition coefficient (Wildman–Crippen LogP) is 1.10. The van der Waals surface area contributed by atoms with Gasteiger partial charge < -0.3 is 26.0 Å². The molecule has 5 N–H and O–H groups in total. The number of aliphatic hydroxyl groups excluding tert-OH is 2. The molecule has 0 radical (unpaired) electrons. The largest absolute Gasteiger partial charge is 0.444 e. The van der Waals surface area contributed by atoms with Crippen LogP contribution in [0.1, 0.15) is 32.4 Å². The van der Waals surface area contributed by atoms with Crippen LogP contribution < -0.4 is 11.1 Å². The Kier molecular flexibility index (Phi) is 5.88. The number of ether oxygens (including phenoxy) is 1. The summed E-state index contributed by atoms with van der Waals surface area (Å²) in [4.78, 5) is 21.6. The second kappa shape index (κ2) is 7.25. The number of nitrogens with zero attached hydrogens (tertiary/aromatic N) is 1. The van der Waals surface area contributed by atoms with Gasteiger partial charge in [0.1, 0.15) is 17.8 Å². The Labute approximate surface area is 133 Å². The average molecular weight is 327 g/mol. The molecule has 0 spiro atoms. The van der Waals surface area contributed by atoms with Crippen molar-refractivity contribution in [2.45, 2.75) is 38.6 Å². The molecule has 0 saturated heterocycles. The Morgan fingerprint density at radius 3 is 2.57 bits per heavy atom. The third-order valence-corrected chi connectivity index (χ3v) is 2.82. The number of aliphatic hydroxyl groups is 2. The van der Waals surface area contributed by atoms with E-state index < -0.39 is 28.8 Å². The van der Waals surface area contributed by atoms with Gasteiger partial charge in [0.15, 0.2) is 0 Å². The van der Waals surface area contributed by atoms with E-state index in [0.29, 0.717) is 0 Å². The zero-order valence-corrected chi connectivity index (χ0v) is 13.1. The Hall–Kier alpha value is -2.39. The lowest BCUT2D eigenvalue weighted by Gasteiger charge is -2.22. The Bertz CT molecular complexity index is 584. The van der Waals surface area contributed by atoms with Gasteiger partial charge in [-0.05, 0) is 26.8 Å². The van der Waals surface area contributed by atoms with Gasteiger partial charge in [0.05, 0.1) is 4.92 Å². The van der Waals surface area contributed by atoms with Crippen LogP contribution in [0, 0.1) is 10.1 Å². The molecule has 1 aromatic rings. The lowest BCUT2D eigenvalue weighted by atomic mass is 10.0. The number of nitrogens with one attached hydrogen (secondary N) is 1. The minimum Gasteiger partial charge on any atom is -0.444 e. The summed E-state index contributed by atoms with van der Waals surface area (Å²) in [6, 6.07) is 3.54. The maximum Gasteiger partial charge on any atom is 0.407 e. The smallest absolute Gasteiger partial charge is 0.407 e. The molecule has 1 aromatic carbocycles. The molecule has 2 atom stereocenters. The molecule has 9 nitrogen and oxygen atoms in total. The van der Waals surface area contributed by atoms with Gasteiger partial charge in [-0.1, -0.05) is 0 Å². The fourth-order valence-electron chi connectivity index (χ4n) is 1.75. The van der Waals surface area contributed by atoms with Gasteiger partial charge in [-0.15, -0.1) is 0 Å². The van der Waals surface area contributed by atoms with Crippen molar-refractivity contribution in [3.63, 3.8) is 0 Å². The number of benzene rings is 1. The van der Waals surface area contributed by atoms with Crippen LogP contribution in [0.3, 0.4) is 0 Å². The van der Waals surface area contributed by atoms with E-state index in [1.165, 1.54) is 12.1 Å². The molecule has 1 amide bonds. The van der Waals surface area contributed by atoms with E-state index in [1.807, 2.05) is 0 Å². The van der Waals surface area contributed by atoms with Crippen LogP contribution in [0.15, 0.2) is 18.2 Å². The van der Waals surface area contributed by atoms with Crippen LogP contribution in [0.2, 0.25) is 0 Å². The Balaban J connectivity index is 2.73. The van der Waals surface area contributed by atoms with E-state index in [2.05, 4.69) is 5.32 Å². The van der Waals surface area contributed by atoms with E-state index in [1.54, 1.807) is 20.8 Å². The number of nitro benzene ring substituents is 1. The first-order valence-electron chi connectivity index (χ1n) is 6.88. The molecule has 2 unspecified atom stereocenters. The lowest BCUT2D eigenvalue weighted by molar-refractivity contribution is -0.385. The summed E-state index contributed by atoms with van der Waals surface area (Å²) in [6.45, 7) is 4.74. The van der Waals surface area contributed by atoms with Crippen LogP contribution in [0.5, 0.6) is 0 Å². The second-order valence-electron chi connectivity index (χ2n) is 5.97. The van der Waals surface area contributed by atoms with Crippen molar-refractivity contribution in [2.75, 3.05) is 12.3 Å². The number of amides is 1. The molecule has 0 saturated carbocycles. The lowest BCUT2D eigenvalue weighted by Crippen LogP contribution is -2.39. The SMILES string of the molecule is CC(C)(C)OC(=O)NCC(O)C(O)c1cc([N+](=O)[O-])ccc1N. The molecule has 0 fully saturated rings. The highest BCUT2D eigenvalue weighted by atomic mass is 16.6. The van der Waals surface area contributed by atoms with Gasteiger partial charge in [0.25, 0.3) is 5.69 Å². The van der Waals surface area contributed by atoms with Crippen molar-refractivity contribution in [3.05, 3.63) is 33.9 Å². The molecular formula is C14H21N3O6. The molecule has 0 aliphatic rings. The number of anilines is 1. The van der Waals surface area contributed by atoms with Crippen LogP contribution >= 0.6 is 0 Å². The highest BCUT2D eigenvalue weighted by Gasteiger charge is 2.24. The summed E-state index contributed by atoms with van der Waals surface area (Å²) >= 11 is 0. The van der Waals surface area contributed by atoms with Crippen molar-refractivity contribution in [1.29, 1.82) is 0 Å². The van der Waals surface area contributed by atoms with E-state index in [9.17, 15) is 25.1 Å². The molecule has 0 aromatic heterocycles. The molecular weight excluding hydrogens is 306 g/mol. The van der Waals surface area contributed by atoms with Crippen molar-refractivity contribution in [3.8, 4) is 0 Å². The summed E-state index contributed by atoms with van der Waals surface area (Å²) in [5.41, 5.74) is 4.81. The zero-order valence-electron chi connectivity index (χ0n) is 13.1. The fourth-order valence-corrected chi connectivity index (χ4v) is 1.75. The molecule has 1 rings (SSSR count). The van der Waals surface area contributed by atoms with Gasteiger partial charge in [-0.2, -0.15) is 0 Å². The minimum absolute atomic E-state index is 0.0117. The van der Waals surface area contributed by atoms with Crippen LogP contribution in [0.4, 0.5) is 16.2 Å². The number of alkyl carbamates (subject to hydrolysis) is 1. The van der Waals surface area contributed by atoms with Gasteiger partial charge in [-0.3, -0.25) is 10.1 Å². The van der Waals surface area contributed by atoms with Crippen LogP contribution in [-0.4, -0.2) is 39.5 Å². The molecule has 128 valence electrons. The number of hydrogen-bond acceptors (Lipinski definition) is 7. The van der Waals surface area contributed by atoms with E-state index >= 15 is 0 Å². The molecule has 9 heteroatoms. The van der Waals surface area contributed by atoms with E-state index in [0.717, 1.165) is 6.07 Å². The first kappa shape index (κ1) is 18.7. The number of nitrogen functional groups attached to an aromatic ring is 1. The standard InChI is InChI=1S/C14H21N3O6/c1-14(2,3)23-13(20)16-7-11(18)12(19)9-6-8(17(21)22)4-5-10(9)15/h4-6,11-12,18-19H,7,15H2,1-3H3,(H,16,20). The summed E-state index contributed by atoms with van der Waals surface area (Å²) in [6.07, 6.45) is -3.66. The summed E-state index contributed by atoms with van der Waals surface area (Å²) in [5.74, 6) is 0. The molecule has 0 aliphatic heterocycles. The Morgan fingerprint density at radius 2 is 2.04 bits per heavy atom. The second-order valence-corrected chi connectivity index (χ2v) is 5.97. The summed E-state index contributed by atoms with van der Waals surface area (Å²) in [5, 5.41) is 33.1. The molecule has 0 aliphatic carbocycles. The predicted molar refractivity (Wildman–Crippen MR) is 82.7 cm³/mol. The number of nitrogens with two attached hydrogens (primary N) is 1. The van der Waals surface area contributed by atoms with Gasteiger partial charge in [0, 0.05) is 29.9 Å². The summed E-state index contributed by atoms with van der Waals surface area (Å²) in [7, 11) is 0. The quantitative estimate of drug-likeness (QED) is 0.359. The molecule has 23 heavy (non-hydrogen) atoms. The highest BCUT2D eigenvalue weighted by Crippen LogP contribution is 2.27. The number of rotatable bonds is 5. The third kappa shape index (κ3) is 5.72. The van der Waals surface area contributed by atoms with E-state index in [4.69, 9.17) is 10.5 Å².